The van der Waals surface area contributed by atoms with Gasteiger partial charge in [-0.3, -0.25) is 0 Å². The standard InChI is InChI=1S/C24H25BrN6O3/c1-11-9-31(22-17(11)21(27)28-10-29-22)23-18(32)24(33)5-4-14(19(24)34-23)6-12-2-3-13-8-15(25)20(26)30-16(13)7-12/h2-3,7-10,14,18-19,23,32-33H,4-6H2,1H3,(H2,26,30)(H2,27,28,29)/t14-,18-,19+,23+,24-/m0/s1. The smallest absolute Gasteiger partial charge is 0.164 e. The van der Waals surface area contributed by atoms with Gasteiger partial charge in [0, 0.05) is 11.6 Å². The molecule has 10 heteroatoms. The molecule has 5 atom stereocenters. The van der Waals surface area contributed by atoms with Crippen LogP contribution in [0.3, 0.4) is 0 Å². The Bertz CT molecular complexity index is 1440. The summed E-state index contributed by atoms with van der Waals surface area (Å²) < 4.78 is 8.91. The maximum Gasteiger partial charge on any atom is 0.164 e. The molecule has 0 radical (unpaired) electrons. The summed E-state index contributed by atoms with van der Waals surface area (Å²) in [7, 11) is 0. The predicted molar refractivity (Wildman–Crippen MR) is 132 cm³/mol. The lowest BCUT2D eigenvalue weighted by atomic mass is 9.90. The number of benzene rings is 1. The van der Waals surface area contributed by atoms with Crippen molar-refractivity contribution in [2.75, 3.05) is 11.5 Å². The number of ether oxygens (including phenoxy) is 1. The highest BCUT2D eigenvalue weighted by molar-refractivity contribution is 9.10. The van der Waals surface area contributed by atoms with E-state index in [0.29, 0.717) is 30.1 Å². The Kier molecular flexibility index (Phi) is 4.86. The highest BCUT2D eigenvalue weighted by Gasteiger charge is 2.61. The van der Waals surface area contributed by atoms with Gasteiger partial charge in [0.05, 0.1) is 21.5 Å². The summed E-state index contributed by atoms with van der Waals surface area (Å²) >= 11 is 3.42. The molecule has 2 aliphatic rings. The lowest BCUT2D eigenvalue weighted by Crippen LogP contribution is -2.45. The molecular weight excluding hydrogens is 500 g/mol. The van der Waals surface area contributed by atoms with Gasteiger partial charge in [-0.25, -0.2) is 15.0 Å². The average molecular weight is 525 g/mol. The van der Waals surface area contributed by atoms with Crippen molar-refractivity contribution < 1.29 is 14.9 Å². The number of aliphatic hydroxyl groups excluding tert-OH is 1. The van der Waals surface area contributed by atoms with Gasteiger partial charge in [-0.2, -0.15) is 0 Å². The molecule has 1 aromatic carbocycles. The molecule has 1 aliphatic carbocycles. The summed E-state index contributed by atoms with van der Waals surface area (Å²) in [6.45, 7) is 1.91. The lowest BCUT2D eigenvalue weighted by molar-refractivity contribution is -0.0675. The van der Waals surface area contributed by atoms with E-state index in [1.165, 1.54) is 6.33 Å². The molecule has 4 aromatic rings. The predicted octanol–water partition coefficient (Wildman–Crippen LogP) is 2.86. The van der Waals surface area contributed by atoms with Gasteiger partial charge in [0.1, 0.15) is 35.3 Å². The van der Waals surface area contributed by atoms with Crippen LogP contribution in [0.4, 0.5) is 11.6 Å². The summed E-state index contributed by atoms with van der Waals surface area (Å²) in [5.74, 6) is 0.865. The molecule has 1 aliphatic heterocycles. The number of nitrogens with two attached hydrogens (primary N) is 2. The first-order chi connectivity index (χ1) is 16.3. The van der Waals surface area contributed by atoms with Gasteiger partial charge >= 0.3 is 0 Å². The van der Waals surface area contributed by atoms with Crippen molar-refractivity contribution in [2.45, 2.75) is 50.2 Å². The Morgan fingerprint density at radius 1 is 1.24 bits per heavy atom. The van der Waals surface area contributed by atoms with E-state index in [9.17, 15) is 10.2 Å². The number of aryl methyl sites for hydroxylation is 1. The highest BCUT2D eigenvalue weighted by Crippen LogP contribution is 2.51. The maximum atomic E-state index is 11.5. The summed E-state index contributed by atoms with van der Waals surface area (Å²) in [4.78, 5) is 12.9. The molecule has 0 unspecified atom stereocenters. The topological polar surface area (TPSA) is 145 Å². The molecule has 34 heavy (non-hydrogen) atoms. The molecule has 9 nitrogen and oxygen atoms in total. The maximum absolute atomic E-state index is 11.5. The van der Waals surface area contributed by atoms with Crippen LogP contribution >= 0.6 is 15.9 Å². The number of nitrogens with zero attached hydrogens (tertiary/aromatic N) is 4. The van der Waals surface area contributed by atoms with Crippen molar-refractivity contribution in [2.24, 2.45) is 5.92 Å². The van der Waals surface area contributed by atoms with Crippen LogP contribution in [0.5, 0.6) is 0 Å². The Morgan fingerprint density at radius 3 is 2.88 bits per heavy atom. The molecule has 2 fully saturated rings. The van der Waals surface area contributed by atoms with Crippen LogP contribution in [-0.2, 0) is 11.2 Å². The molecule has 0 amide bonds. The number of rotatable bonds is 3. The third kappa shape index (κ3) is 3.13. The molecule has 1 saturated heterocycles. The van der Waals surface area contributed by atoms with Crippen molar-refractivity contribution in [1.82, 2.24) is 19.5 Å². The average Bonchev–Trinajstić information content (AvgIpc) is 3.39. The zero-order valence-electron chi connectivity index (χ0n) is 18.5. The number of pyridine rings is 1. The van der Waals surface area contributed by atoms with Crippen LogP contribution in [0.2, 0.25) is 0 Å². The van der Waals surface area contributed by atoms with Crippen molar-refractivity contribution >= 4 is 49.5 Å². The largest absolute Gasteiger partial charge is 0.385 e. The number of fused-ring (bicyclic) bond motifs is 3. The van der Waals surface area contributed by atoms with Crippen LogP contribution < -0.4 is 11.5 Å². The SMILES string of the molecule is Cc1cn([C@@H]2O[C@@H]3[C@H](Cc4ccc5cc(Br)c(N)nc5c4)CC[C@]3(O)[C@H]2O)c2ncnc(N)c12. The molecule has 176 valence electrons. The summed E-state index contributed by atoms with van der Waals surface area (Å²) in [6.07, 6.45) is 2.78. The number of aromatic nitrogens is 4. The monoisotopic (exact) mass is 524 g/mol. The van der Waals surface area contributed by atoms with E-state index in [1.807, 2.05) is 31.3 Å². The van der Waals surface area contributed by atoms with E-state index in [4.69, 9.17) is 16.2 Å². The first kappa shape index (κ1) is 21.7. The second-order valence-corrected chi connectivity index (χ2v) is 10.3. The third-order valence-electron chi connectivity index (χ3n) is 7.37. The van der Waals surface area contributed by atoms with Crippen LogP contribution in [0.1, 0.15) is 30.2 Å². The highest BCUT2D eigenvalue weighted by atomic mass is 79.9. The van der Waals surface area contributed by atoms with Gasteiger partial charge in [0.25, 0.3) is 0 Å². The number of hydrogen-bond acceptors (Lipinski definition) is 8. The minimum atomic E-state index is -1.33. The molecule has 4 heterocycles. The number of anilines is 2. The fraction of sp³-hybridized carbons (Fsp3) is 0.375. The van der Waals surface area contributed by atoms with Crippen molar-refractivity contribution in [3.05, 3.63) is 52.4 Å². The number of nitrogen functional groups attached to an aromatic ring is 2. The van der Waals surface area contributed by atoms with E-state index < -0.39 is 24.0 Å². The van der Waals surface area contributed by atoms with Gasteiger partial charge < -0.3 is 31.0 Å². The van der Waals surface area contributed by atoms with Gasteiger partial charge in [0.15, 0.2) is 6.23 Å². The van der Waals surface area contributed by atoms with E-state index in [2.05, 4.69) is 36.9 Å². The molecule has 0 spiro atoms. The van der Waals surface area contributed by atoms with Crippen molar-refractivity contribution in [3.63, 3.8) is 0 Å². The van der Waals surface area contributed by atoms with Crippen LogP contribution in [-0.4, -0.2) is 47.5 Å². The number of halogens is 1. The van der Waals surface area contributed by atoms with Gasteiger partial charge in [0.2, 0.25) is 0 Å². The molecule has 3 aromatic heterocycles. The summed E-state index contributed by atoms with van der Waals surface area (Å²) in [5.41, 5.74) is 14.1. The van der Waals surface area contributed by atoms with E-state index in [1.54, 1.807) is 4.57 Å². The van der Waals surface area contributed by atoms with Gasteiger partial charge in [-0.15, -0.1) is 0 Å². The molecule has 6 N–H and O–H groups in total. The second kappa shape index (κ2) is 7.61. The van der Waals surface area contributed by atoms with E-state index in [0.717, 1.165) is 38.3 Å². The Labute approximate surface area is 203 Å². The zero-order valence-corrected chi connectivity index (χ0v) is 20.1. The Balaban J connectivity index is 1.31. The zero-order chi connectivity index (χ0) is 23.8. The third-order valence-corrected chi connectivity index (χ3v) is 8.00. The van der Waals surface area contributed by atoms with Crippen molar-refractivity contribution in [3.8, 4) is 0 Å². The first-order valence-electron chi connectivity index (χ1n) is 11.2. The van der Waals surface area contributed by atoms with Crippen molar-refractivity contribution in [1.29, 1.82) is 0 Å². The molecule has 1 saturated carbocycles. The Hall–Kier alpha value is -2.79. The molecule has 0 bridgehead atoms. The van der Waals surface area contributed by atoms with Gasteiger partial charge in [-0.05, 0) is 71.3 Å². The van der Waals surface area contributed by atoms with E-state index in [-0.39, 0.29) is 5.92 Å². The number of hydrogen-bond donors (Lipinski definition) is 4. The van der Waals surface area contributed by atoms with Gasteiger partial charge in [-0.1, -0.05) is 12.1 Å². The Morgan fingerprint density at radius 2 is 2.06 bits per heavy atom. The molecular formula is C24H25BrN6O3. The first-order valence-corrected chi connectivity index (χ1v) is 12.0. The van der Waals surface area contributed by atoms with E-state index >= 15 is 0 Å². The lowest BCUT2D eigenvalue weighted by Gasteiger charge is -2.26. The van der Waals surface area contributed by atoms with Crippen LogP contribution in [0.15, 0.2) is 41.3 Å². The fourth-order valence-corrected chi connectivity index (χ4v) is 6.02. The summed E-state index contributed by atoms with van der Waals surface area (Å²) in [5, 5.41) is 24.4. The minimum Gasteiger partial charge on any atom is -0.385 e. The summed E-state index contributed by atoms with van der Waals surface area (Å²) in [6, 6.07) is 8.07. The number of aliphatic hydroxyl groups is 2. The van der Waals surface area contributed by atoms with Crippen LogP contribution in [0, 0.1) is 12.8 Å². The quantitative estimate of drug-likeness (QED) is 0.320. The van der Waals surface area contributed by atoms with Crippen LogP contribution in [0.25, 0.3) is 21.9 Å². The fourth-order valence-electron chi connectivity index (χ4n) is 5.69. The second-order valence-electron chi connectivity index (χ2n) is 9.45. The normalized spacial score (nSPS) is 28.7. The molecule has 6 rings (SSSR count). The minimum absolute atomic E-state index is 0.0394.